The smallest absolute Gasteiger partial charge is 0.407 e. The summed E-state index contributed by atoms with van der Waals surface area (Å²) in [6.45, 7) is 7.43. The van der Waals surface area contributed by atoms with Gasteiger partial charge in [-0.05, 0) is 56.5 Å². The molecule has 8 heteroatoms. The number of fused-ring (bicyclic) bond motifs is 1. The number of nitrogens with one attached hydrogen (secondary N) is 1. The van der Waals surface area contributed by atoms with E-state index in [1.807, 2.05) is 44.4 Å². The molecule has 170 valence electrons. The fraction of sp³-hybridized carbons (Fsp3) is 0.417. The van der Waals surface area contributed by atoms with Gasteiger partial charge in [0.1, 0.15) is 23.0 Å². The number of phenolic OH excluding ortho intramolecular Hbond substituents is 1. The van der Waals surface area contributed by atoms with E-state index in [0.29, 0.717) is 30.6 Å². The molecule has 0 radical (unpaired) electrons. The van der Waals surface area contributed by atoms with Crippen molar-refractivity contribution in [1.29, 1.82) is 0 Å². The van der Waals surface area contributed by atoms with E-state index in [0.717, 1.165) is 16.6 Å². The number of hydrogen-bond acceptors (Lipinski definition) is 5. The number of amides is 1. The zero-order valence-corrected chi connectivity index (χ0v) is 18.7. The number of carbonyl (C=O) groups excluding carboxylic acids is 1. The topological polar surface area (TPSA) is 85.1 Å². The van der Waals surface area contributed by atoms with E-state index < -0.39 is 17.5 Å². The Morgan fingerprint density at radius 3 is 2.75 bits per heavy atom. The first-order chi connectivity index (χ1) is 15.1. The van der Waals surface area contributed by atoms with Crippen molar-refractivity contribution in [2.45, 2.75) is 64.7 Å². The van der Waals surface area contributed by atoms with Crippen molar-refractivity contribution in [2.24, 2.45) is 0 Å². The number of hydrogen-bond donors (Lipinski definition) is 2. The van der Waals surface area contributed by atoms with Gasteiger partial charge in [-0.15, -0.1) is 0 Å². The Labute approximate surface area is 186 Å². The predicted octanol–water partition coefficient (Wildman–Crippen LogP) is 4.84. The zero-order chi connectivity index (χ0) is 23.0. The summed E-state index contributed by atoms with van der Waals surface area (Å²) in [5.41, 5.74) is 2.56. The van der Waals surface area contributed by atoms with Gasteiger partial charge in [0.15, 0.2) is 11.6 Å². The van der Waals surface area contributed by atoms with Gasteiger partial charge >= 0.3 is 6.09 Å². The first kappa shape index (κ1) is 21.9. The molecule has 0 aliphatic heterocycles. The summed E-state index contributed by atoms with van der Waals surface area (Å²) in [6, 6.07) is 4.68. The maximum absolute atomic E-state index is 14.1. The average molecular weight is 442 g/mol. The molecule has 7 nitrogen and oxygen atoms in total. The number of halogens is 1. The molecule has 2 aromatic heterocycles. The van der Waals surface area contributed by atoms with Crippen LogP contribution >= 0.6 is 0 Å². The standard InChI is InChI=1S/C24H28FN3O4/c1-5-14-6-21(29)19(25)10-18(14)15-7-22(20-11-26-13-28(20)12-15)31-17-8-16(9-17)27-23(30)32-24(2,3)4/h6-7,10-13,16-17,29H,5,8-9H2,1-4H3,(H,27,30)/t16-,17-. The monoisotopic (exact) mass is 441 g/mol. The van der Waals surface area contributed by atoms with Crippen LogP contribution in [0, 0.1) is 5.82 Å². The molecule has 32 heavy (non-hydrogen) atoms. The molecular formula is C24H28FN3O4. The fourth-order valence-electron chi connectivity index (χ4n) is 3.84. The second-order valence-electron chi connectivity index (χ2n) is 9.15. The summed E-state index contributed by atoms with van der Waals surface area (Å²) in [5, 5.41) is 12.6. The summed E-state index contributed by atoms with van der Waals surface area (Å²) in [7, 11) is 0. The van der Waals surface area contributed by atoms with Crippen molar-refractivity contribution in [2.75, 3.05) is 0 Å². The van der Waals surface area contributed by atoms with Gasteiger partial charge in [0, 0.05) is 30.6 Å². The molecule has 2 heterocycles. The minimum atomic E-state index is -0.666. The quantitative estimate of drug-likeness (QED) is 0.592. The van der Waals surface area contributed by atoms with E-state index in [1.54, 1.807) is 12.5 Å². The van der Waals surface area contributed by atoms with Crippen molar-refractivity contribution < 1.29 is 23.8 Å². The Morgan fingerprint density at radius 2 is 2.06 bits per heavy atom. The van der Waals surface area contributed by atoms with Crippen molar-refractivity contribution in [3.63, 3.8) is 0 Å². The van der Waals surface area contributed by atoms with Crippen LogP contribution < -0.4 is 10.1 Å². The van der Waals surface area contributed by atoms with Gasteiger partial charge in [0.2, 0.25) is 0 Å². The van der Waals surface area contributed by atoms with E-state index in [1.165, 1.54) is 12.1 Å². The van der Waals surface area contributed by atoms with Crippen LogP contribution in [0.3, 0.4) is 0 Å². The van der Waals surface area contributed by atoms with Crippen molar-refractivity contribution in [3.05, 3.63) is 48.3 Å². The van der Waals surface area contributed by atoms with Gasteiger partial charge in [-0.25, -0.2) is 14.2 Å². The van der Waals surface area contributed by atoms with Crippen LogP contribution in [0.25, 0.3) is 16.6 Å². The maximum atomic E-state index is 14.1. The highest BCUT2D eigenvalue weighted by molar-refractivity contribution is 5.74. The van der Waals surface area contributed by atoms with Crippen LogP contribution in [0.2, 0.25) is 0 Å². The Kier molecular flexibility index (Phi) is 5.71. The SMILES string of the molecule is CCc1cc(O)c(F)cc1-c1cc(O[C@H]2C[C@H](NC(=O)OC(C)(C)C)C2)c2cncn2c1. The number of alkyl carbamates (subject to hydrolysis) is 1. The van der Waals surface area contributed by atoms with Crippen molar-refractivity contribution in [3.8, 4) is 22.6 Å². The second kappa shape index (κ2) is 8.33. The van der Waals surface area contributed by atoms with Crippen LogP contribution in [-0.4, -0.2) is 38.3 Å². The van der Waals surface area contributed by atoms with Gasteiger partial charge in [0.05, 0.1) is 12.5 Å². The summed E-state index contributed by atoms with van der Waals surface area (Å²) < 4.78 is 27.5. The molecule has 2 N–H and O–H groups in total. The molecule has 1 aliphatic carbocycles. The van der Waals surface area contributed by atoms with Crippen LogP contribution in [0.1, 0.15) is 46.1 Å². The third-order valence-corrected chi connectivity index (χ3v) is 5.46. The third-order valence-electron chi connectivity index (χ3n) is 5.46. The molecule has 3 aromatic rings. The number of nitrogens with zero attached hydrogens (tertiary/aromatic N) is 2. The third kappa shape index (κ3) is 4.64. The minimum Gasteiger partial charge on any atom is -0.505 e. The highest BCUT2D eigenvalue weighted by atomic mass is 19.1. The molecule has 0 saturated heterocycles. The lowest BCUT2D eigenvalue weighted by Crippen LogP contribution is -2.50. The largest absolute Gasteiger partial charge is 0.505 e. The summed E-state index contributed by atoms with van der Waals surface area (Å²) in [4.78, 5) is 16.2. The number of phenols is 1. The van der Waals surface area contributed by atoms with Gasteiger partial charge in [-0.1, -0.05) is 6.92 Å². The maximum Gasteiger partial charge on any atom is 0.407 e. The number of imidazole rings is 1. The van der Waals surface area contributed by atoms with E-state index in [-0.39, 0.29) is 17.9 Å². The van der Waals surface area contributed by atoms with Gasteiger partial charge in [-0.2, -0.15) is 0 Å². The number of aryl methyl sites for hydroxylation is 1. The molecule has 0 atom stereocenters. The number of ether oxygens (including phenoxy) is 2. The molecule has 0 unspecified atom stereocenters. The van der Waals surface area contributed by atoms with Gasteiger partial charge in [-0.3, -0.25) is 0 Å². The number of pyridine rings is 1. The van der Waals surface area contributed by atoms with Gasteiger partial charge in [0.25, 0.3) is 0 Å². The Morgan fingerprint density at radius 1 is 1.31 bits per heavy atom. The van der Waals surface area contributed by atoms with Gasteiger partial charge < -0.3 is 24.3 Å². The van der Waals surface area contributed by atoms with Crippen LogP contribution in [0.4, 0.5) is 9.18 Å². The molecule has 0 spiro atoms. The molecule has 0 bridgehead atoms. The molecule has 1 aromatic carbocycles. The lowest BCUT2D eigenvalue weighted by molar-refractivity contribution is 0.0365. The van der Waals surface area contributed by atoms with Crippen molar-refractivity contribution >= 4 is 11.6 Å². The number of carbonyl (C=O) groups is 1. The lowest BCUT2D eigenvalue weighted by atomic mass is 9.89. The predicted molar refractivity (Wildman–Crippen MR) is 118 cm³/mol. The van der Waals surface area contributed by atoms with E-state index in [9.17, 15) is 14.3 Å². The summed E-state index contributed by atoms with van der Waals surface area (Å²) >= 11 is 0. The highest BCUT2D eigenvalue weighted by Crippen LogP contribution is 2.35. The van der Waals surface area contributed by atoms with E-state index >= 15 is 0 Å². The number of aromatic hydroxyl groups is 1. The summed E-state index contributed by atoms with van der Waals surface area (Å²) in [5.74, 6) is -0.388. The normalized spacial score (nSPS) is 18.3. The zero-order valence-electron chi connectivity index (χ0n) is 18.7. The molecular weight excluding hydrogens is 413 g/mol. The minimum absolute atomic E-state index is 0.00291. The number of rotatable bonds is 5. The molecule has 4 rings (SSSR count). The van der Waals surface area contributed by atoms with E-state index in [4.69, 9.17) is 9.47 Å². The first-order valence-corrected chi connectivity index (χ1v) is 10.8. The van der Waals surface area contributed by atoms with Crippen LogP contribution in [0.5, 0.6) is 11.5 Å². The average Bonchev–Trinajstić information content (AvgIpc) is 3.15. The second-order valence-corrected chi connectivity index (χ2v) is 9.15. The number of benzene rings is 1. The molecule has 1 fully saturated rings. The highest BCUT2D eigenvalue weighted by Gasteiger charge is 2.33. The summed E-state index contributed by atoms with van der Waals surface area (Å²) in [6.07, 6.45) is 6.73. The Hall–Kier alpha value is -3.29. The lowest BCUT2D eigenvalue weighted by Gasteiger charge is -2.36. The van der Waals surface area contributed by atoms with E-state index in [2.05, 4.69) is 10.3 Å². The molecule has 1 saturated carbocycles. The Balaban J connectivity index is 1.52. The Bertz CT molecular complexity index is 1150. The first-order valence-electron chi connectivity index (χ1n) is 10.8. The molecule has 1 amide bonds. The molecule has 1 aliphatic rings. The fourth-order valence-corrected chi connectivity index (χ4v) is 3.84. The van der Waals surface area contributed by atoms with Crippen LogP contribution in [-0.2, 0) is 11.2 Å². The van der Waals surface area contributed by atoms with Crippen molar-refractivity contribution in [1.82, 2.24) is 14.7 Å². The number of aromatic nitrogens is 2. The van der Waals surface area contributed by atoms with Crippen LogP contribution in [0.15, 0.2) is 36.9 Å².